The summed E-state index contributed by atoms with van der Waals surface area (Å²) in [5.74, 6) is 0.738. The summed E-state index contributed by atoms with van der Waals surface area (Å²) in [5, 5.41) is 3.34. The van der Waals surface area contributed by atoms with Crippen molar-refractivity contribution in [1.82, 2.24) is 5.32 Å². The first-order valence-corrected chi connectivity index (χ1v) is 6.70. The number of rotatable bonds is 7. The van der Waals surface area contributed by atoms with Crippen LogP contribution in [0.4, 0.5) is 0 Å². The van der Waals surface area contributed by atoms with E-state index in [-0.39, 0.29) is 5.97 Å². The van der Waals surface area contributed by atoms with Crippen molar-refractivity contribution in [1.29, 1.82) is 0 Å². The number of esters is 1. The first-order chi connectivity index (χ1) is 8.24. The van der Waals surface area contributed by atoms with Crippen LogP contribution in [0.15, 0.2) is 11.6 Å². The molecule has 1 fully saturated rings. The van der Waals surface area contributed by atoms with Gasteiger partial charge in [-0.1, -0.05) is 31.8 Å². The van der Waals surface area contributed by atoms with Crippen molar-refractivity contribution in [3.05, 3.63) is 11.6 Å². The number of carbonyl (C=O) groups excluding carboxylic acids is 1. The second-order valence-electron chi connectivity index (χ2n) is 4.88. The predicted molar refractivity (Wildman–Crippen MR) is 69.8 cm³/mol. The molecule has 3 heteroatoms. The fourth-order valence-electron chi connectivity index (χ4n) is 2.39. The van der Waals surface area contributed by atoms with Crippen LogP contribution < -0.4 is 5.32 Å². The van der Waals surface area contributed by atoms with Crippen LogP contribution in [0, 0.1) is 5.92 Å². The van der Waals surface area contributed by atoms with Gasteiger partial charge in [0.25, 0.3) is 0 Å². The quantitative estimate of drug-likeness (QED) is 0.422. The topological polar surface area (TPSA) is 38.3 Å². The molecule has 0 aromatic carbocycles. The highest BCUT2D eigenvalue weighted by molar-refractivity contribution is 5.87. The molecule has 3 nitrogen and oxygen atoms in total. The summed E-state index contributed by atoms with van der Waals surface area (Å²) < 4.78 is 4.62. The lowest BCUT2D eigenvalue weighted by Gasteiger charge is -2.08. The zero-order chi connectivity index (χ0) is 12.5. The minimum atomic E-state index is -0.238. The molecule has 1 aliphatic carbocycles. The first kappa shape index (κ1) is 14.2. The molecule has 0 atom stereocenters. The maximum absolute atomic E-state index is 11.1. The Bertz CT molecular complexity index is 255. The summed E-state index contributed by atoms with van der Waals surface area (Å²) in [5.41, 5.74) is 0.677. The van der Waals surface area contributed by atoms with E-state index in [1.807, 2.05) is 6.08 Å². The Hall–Kier alpha value is -0.830. The van der Waals surface area contributed by atoms with Crippen LogP contribution in [0.2, 0.25) is 0 Å². The van der Waals surface area contributed by atoms with Gasteiger partial charge in [-0.15, -0.1) is 0 Å². The number of hydrogen-bond acceptors (Lipinski definition) is 3. The van der Waals surface area contributed by atoms with Crippen LogP contribution in [0.5, 0.6) is 0 Å². The largest absolute Gasteiger partial charge is 0.466 e. The van der Waals surface area contributed by atoms with Gasteiger partial charge < -0.3 is 10.1 Å². The third-order valence-corrected chi connectivity index (χ3v) is 3.50. The third-order valence-electron chi connectivity index (χ3n) is 3.50. The van der Waals surface area contributed by atoms with Gasteiger partial charge in [0.2, 0.25) is 0 Å². The van der Waals surface area contributed by atoms with Crippen LogP contribution in [0.25, 0.3) is 0 Å². The Labute approximate surface area is 105 Å². The van der Waals surface area contributed by atoms with Crippen LogP contribution in [0.1, 0.15) is 45.4 Å². The summed E-state index contributed by atoms with van der Waals surface area (Å²) in [6, 6.07) is 0. The molecule has 1 rings (SSSR count). The molecule has 1 aliphatic rings. The van der Waals surface area contributed by atoms with Crippen LogP contribution in [0.3, 0.4) is 0 Å². The molecule has 0 radical (unpaired) electrons. The van der Waals surface area contributed by atoms with Gasteiger partial charge in [-0.25, -0.2) is 4.79 Å². The zero-order valence-electron chi connectivity index (χ0n) is 11.1. The Balaban J connectivity index is 1.98. The van der Waals surface area contributed by atoms with E-state index in [1.54, 1.807) is 6.92 Å². The Morgan fingerprint density at radius 1 is 1.41 bits per heavy atom. The average molecular weight is 239 g/mol. The molecule has 0 bridgehead atoms. The highest BCUT2D eigenvalue weighted by Gasteiger charge is 2.13. The van der Waals surface area contributed by atoms with Gasteiger partial charge in [0.15, 0.2) is 0 Å². The van der Waals surface area contributed by atoms with Crippen LogP contribution >= 0.6 is 0 Å². The lowest BCUT2D eigenvalue weighted by molar-refractivity contribution is -0.136. The molecule has 1 saturated carbocycles. The summed E-state index contributed by atoms with van der Waals surface area (Å²) in [7, 11) is 1.41. The Kier molecular flexibility index (Phi) is 6.94. The minimum absolute atomic E-state index is 0.238. The zero-order valence-corrected chi connectivity index (χ0v) is 11.1. The molecule has 0 amide bonds. The maximum atomic E-state index is 11.1. The minimum Gasteiger partial charge on any atom is -0.466 e. The summed E-state index contributed by atoms with van der Waals surface area (Å²) >= 11 is 0. The number of nitrogens with one attached hydrogen (secondary N) is 1. The SMILES string of the molecule is COC(=O)C(C)=CCNCCCC1CCCC1. The normalized spacial score (nSPS) is 17.4. The molecule has 0 heterocycles. The van der Waals surface area contributed by atoms with Gasteiger partial charge >= 0.3 is 5.97 Å². The Morgan fingerprint density at radius 3 is 2.76 bits per heavy atom. The lowest BCUT2D eigenvalue weighted by atomic mass is 10.0. The van der Waals surface area contributed by atoms with Gasteiger partial charge in [-0.3, -0.25) is 0 Å². The monoisotopic (exact) mass is 239 g/mol. The molecule has 0 saturated heterocycles. The molecule has 1 N–H and O–H groups in total. The highest BCUT2D eigenvalue weighted by Crippen LogP contribution is 2.28. The molecule has 98 valence electrons. The van der Waals surface area contributed by atoms with Gasteiger partial charge in [-0.2, -0.15) is 0 Å². The van der Waals surface area contributed by atoms with Crippen molar-refractivity contribution in [2.24, 2.45) is 5.92 Å². The van der Waals surface area contributed by atoms with Gasteiger partial charge in [0.05, 0.1) is 7.11 Å². The van der Waals surface area contributed by atoms with E-state index in [4.69, 9.17) is 0 Å². The number of carbonyl (C=O) groups is 1. The second-order valence-corrected chi connectivity index (χ2v) is 4.88. The third kappa shape index (κ3) is 5.87. The molecule has 0 aromatic heterocycles. The van der Waals surface area contributed by atoms with Crippen LogP contribution in [-0.4, -0.2) is 26.2 Å². The lowest BCUT2D eigenvalue weighted by Crippen LogP contribution is -2.17. The van der Waals surface area contributed by atoms with Crippen molar-refractivity contribution >= 4 is 5.97 Å². The van der Waals surface area contributed by atoms with E-state index >= 15 is 0 Å². The number of hydrogen-bond donors (Lipinski definition) is 1. The molecule has 0 aliphatic heterocycles. The smallest absolute Gasteiger partial charge is 0.333 e. The van der Waals surface area contributed by atoms with Crippen molar-refractivity contribution in [3.63, 3.8) is 0 Å². The maximum Gasteiger partial charge on any atom is 0.333 e. The van der Waals surface area contributed by atoms with Crippen LogP contribution in [-0.2, 0) is 9.53 Å². The summed E-state index contributed by atoms with van der Waals surface area (Å²) in [6.45, 7) is 3.58. The van der Waals surface area contributed by atoms with Gasteiger partial charge in [0.1, 0.15) is 0 Å². The first-order valence-electron chi connectivity index (χ1n) is 6.70. The van der Waals surface area contributed by atoms with E-state index in [0.717, 1.165) is 19.0 Å². The van der Waals surface area contributed by atoms with E-state index in [9.17, 15) is 4.79 Å². The highest BCUT2D eigenvalue weighted by atomic mass is 16.5. The second kappa shape index (κ2) is 8.29. The summed E-state index contributed by atoms with van der Waals surface area (Å²) in [4.78, 5) is 11.1. The molecular weight excluding hydrogens is 214 g/mol. The van der Waals surface area contributed by atoms with E-state index in [2.05, 4.69) is 10.1 Å². The molecule has 0 unspecified atom stereocenters. The fourth-order valence-corrected chi connectivity index (χ4v) is 2.39. The molecular formula is C14H25NO2. The molecule has 0 spiro atoms. The molecule has 0 aromatic rings. The van der Waals surface area contributed by atoms with Crippen molar-refractivity contribution in [2.45, 2.75) is 45.4 Å². The number of ether oxygens (including phenoxy) is 1. The van der Waals surface area contributed by atoms with Crippen molar-refractivity contribution in [2.75, 3.05) is 20.2 Å². The van der Waals surface area contributed by atoms with E-state index in [1.165, 1.54) is 45.6 Å². The van der Waals surface area contributed by atoms with Gasteiger partial charge in [-0.05, 0) is 32.2 Å². The van der Waals surface area contributed by atoms with Crippen molar-refractivity contribution < 1.29 is 9.53 Å². The average Bonchev–Trinajstić information content (AvgIpc) is 2.85. The molecule has 17 heavy (non-hydrogen) atoms. The fraction of sp³-hybridized carbons (Fsp3) is 0.786. The standard InChI is InChI=1S/C14H25NO2/c1-12(14(16)17-2)9-11-15-10-5-8-13-6-3-4-7-13/h9,13,15H,3-8,10-11H2,1-2H3. The van der Waals surface area contributed by atoms with E-state index in [0.29, 0.717) is 5.57 Å². The van der Waals surface area contributed by atoms with E-state index < -0.39 is 0 Å². The van der Waals surface area contributed by atoms with Crippen molar-refractivity contribution in [3.8, 4) is 0 Å². The Morgan fingerprint density at radius 2 is 2.12 bits per heavy atom. The van der Waals surface area contributed by atoms with Gasteiger partial charge in [0, 0.05) is 12.1 Å². The summed E-state index contributed by atoms with van der Waals surface area (Å²) in [6.07, 6.45) is 10.2. The predicted octanol–water partition coefficient (Wildman–Crippen LogP) is 2.67. The number of methoxy groups -OCH3 is 1.